The van der Waals surface area contributed by atoms with Crippen LogP contribution >= 0.6 is 12.2 Å². The van der Waals surface area contributed by atoms with Gasteiger partial charge in [0.25, 0.3) is 0 Å². The molecule has 92 valence electrons. The number of ether oxygens (including phenoxy) is 1. The molecule has 2 N–H and O–H groups in total. The number of hydrogen-bond donors (Lipinski definition) is 1. The second-order valence-corrected chi connectivity index (χ2v) is 4.97. The maximum atomic E-state index is 5.73. The van der Waals surface area contributed by atoms with E-state index in [4.69, 9.17) is 22.7 Å². The minimum absolute atomic E-state index is 0.363. The zero-order valence-electron chi connectivity index (χ0n) is 10.1. The molecular weight excluding hydrogens is 232 g/mol. The Hall–Kier alpha value is -1.13. The van der Waals surface area contributed by atoms with E-state index in [1.807, 2.05) is 18.2 Å². The summed E-state index contributed by atoms with van der Waals surface area (Å²) in [4.78, 5) is 2.95. The van der Waals surface area contributed by atoms with Crippen LogP contribution in [-0.4, -0.2) is 29.1 Å². The fourth-order valence-corrected chi connectivity index (χ4v) is 2.38. The molecule has 2 rings (SSSR count). The fraction of sp³-hybridized carbons (Fsp3) is 0.462. The maximum absolute atomic E-state index is 5.73. The molecule has 0 fully saturated rings. The highest BCUT2D eigenvalue weighted by Gasteiger charge is 2.19. The lowest BCUT2D eigenvalue weighted by Crippen LogP contribution is -2.36. The Bertz CT molecular complexity index is 408. The van der Waals surface area contributed by atoms with Gasteiger partial charge in [0.2, 0.25) is 0 Å². The standard InChI is InChI=1S/C13H18N2OS/c1-10(8-13(14)17)15-6-7-16-12-5-3-2-4-11(12)9-15/h2-5,10H,6-9H2,1H3,(H2,14,17). The molecule has 0 saturated carbocycles. The highest BCUT2D eigenvalue weighted by Crippen LogP contribution is 2.23. The first-order valence-electron chi connectivity index (χ1n) is 5.90. The smallest absolute Gasteiger partial charge is 0.123 e. The van der Waals surface area contributed by atoms with Crippen molar-refractivity contribution in [2.75, 3.05) is 13.2 Å². The van der Waals surface area contributed by atoms with E-state index in [-0.39, 0.29) is 0 Å². The normalized spacial score (nSPS) is 17.7. The fourth-order valence-electron chi connectivity index (χ4n) is 2.14. The summed E-state index contributed by atoms with van der Waals surface area (Å²) < 4.78 is 5.73. The van der Waals surface area contributed by atoms with Crippen molar-refractivity contribution in [1.29, 1.82) is 0 Å². The molecule has 0 spiro atoms. The number of fused-ring (bicyclic) bond motifs is 1. The molecule has 1 heterocycles. The van der Waals surface area contributed by atoms with Gasteiger partial charge in [-0.15, -0.1) is 0 Å². The lowest BCUT2D eigenvalue weighted by Gasteiger charge is -2.26. The number of rotatable bonds is 3. The molecule has 0 saturated heterocycles. The molecule has 0 aliphatic carbocycles. The van der Waals surface area contributed by atoms with Gasteiger partial charge >= 0.3 is 0 Å². The van der Waals surface area contributed by atoms with Crippen molar-refractivity contribution in [2.24, 2.45) is 5.73 Å². The van der Waals surface area contributed by atoms with Gasteiger partial charge in [-0.2, -0.15) is 0 Å². The predicted molar refractivity (Wildman–Crippen MR) is 73.2 cm³/mol. The van der Waals surface area contributed by atoms with Crippen LogP contribution in [-0.2, 0) is 6.54 Å². The van der Waals surface area contributed by atoms with Crippen molar-refractivity contribution in [2.45, 2.75) is 25.9 Å². The highest BCUT2D eigenvalue weighted by molar-refractivity contribution is 7.80. The van der Waals surface area contributed by atoms with Crippen LogP contribution in [0.2, 0.25) is 0 Å². The second-order valence-electron chi connectivity index (χ2n) is 4.45. The minimum Gasteiger partial charge on any atom is -0.492 e. The second kappa shape index (κ2) is 5.47. The molecule has 0 bridgehead atoms. The molecule has 0 amide bonds. The summed E-state index contributed by atoms with van der Waals surface area (Å²) >= 11 is 4.97. The van der Waals surface area contributed by atoms with Gasteiger partial charge in [0.1, 0.15) is 12.4 Å². The highest BCUT2D eigenvalue weighted by atomic mass is 32.1. The molecular formula is C13H18N2OS. The Labute approximate surface area is 108 Å². The van der Waals surface area contributed by atoms with Crippen molar-refractivity contribution in [1.82, 2.24) is 4.90 Å². The van der Waals surface area contributed by atoms with Crippen LogP contribution in [0.25, 0.3) is 0 Å². The summed E-state index contributed by atoms with van der Waals surface area (Å²) in [5.41, 5.74) is 6.84. The molecule has 1 aliphatic heterocycles. The van der Waals surface area contributed by atoms with Gasteiger partial charge in [-0.25, -0.2) is 0 Å². The first-order valence-corrected chi connectivity index (χ1v) is 6.30. The van der Waals surface area contributed by atoms with Crippen LogP contribution in [0.15, 0.2) is 24.3 Å². The minimum atomic E-state index is 0.363. The Morgan fingerprint density at radius 3 is 3.06 bits per heavy atom. The summed E-state index contributed by atoms with van der Waals surface area (Å²) in [5, 5.41) is 0. The van der Waals surface area contributed by atoms with E-state index in [1.165, 1.54) is 5.56 Å². The van der Waals surface area contributed by atoms with Crippen LogP contribution in [0, 0.1) is 0 Å². The zero-order chi connectivity index (χ0) is 12.3. The Morgan fingerprint density at radius 2 is 2.29 bits per heavy atom. The lowest BCUT2D eigenvalue weighted by molar-refractivity contribution is 0.182. The van der Waals surface area contributed by atoms with Gasteiger partial charge in [0.15, 0.2) is 0 Å². The molecule has 1 atom stereocenters. The molecule has 1 aromatic rings. The van der Waals surface area contributed by atoms with Crippen LogP contribution in [0.4, 0.5) is 0 Å². The summed E-state index contributed by atoms with van der Waals surface area (Å²) in [6, 6.07) is 8.55. The van der Waals surface area contributed by atoms with Crippen molar-refractivity contribution < 1.29 is 4.74 Å². The number of hydrogen-bond acceptors (Lipinski definition) is 3. The van der Waals surface area contributed by atoms with E-state index in [0.717, 1.165) is 31.9 Å². The zero-order valence-corrected chi connectivity index (χ0v) is 10.9. The molecule has 3 nitrogen and oxygen atoms in total. The van der Waals surface area contributed by atoms with Gasteiger partial charge in [-0.1, -0.05) is 30.4 Å². The maximum Gasteiger partial charge on any atom is 0.123 e. The molecule has 17 heavy (non-hydrogen) atoms. The van der Waals surface area contributed by atoms with Gasteiger partial charge in [-0.05, 0) is 13.0 Å². The third-order valence-electron chi connectivity index (χ3n) is 3.10. The van der Waals surface area contributed by atoms with E-state index in [0.29, 0.717) is 11.0 Å². The molecule has 1 aromatic carbocycles. The van der Waals surface area contributed by atoms with Crippen LogP contribution in [0.3, 0.4) is 0 Å². The first-order chi connectivity index (χ1) is 8.16. The Morgan fingerprint density at radius 1 is 1.53 bits per heavy atom. The van der Waals surface area contributed by atoms with Crippen molar-refractivity contribution in [3.05, 3.63) is 29.8 Å². The average Bonchev–Trinajstić information content (AvgIpc) is 2.49. The quantitative estimate of drug-likeness (QED) is 0.832. The molecule has 1 unspecified atom stereocenters. The van der Waals surface area contributed by atoms with Crippen molar-refractivity contribution >= 4 is 17.2 Å². The summed E-state index contributed by atoms with van der Waals surface area (Å²) in [6.45, 7) is 4.70. The number of nitrogens with zero attached hydrogens (tertiary/aromatic N) is 1. The van der Waals surface area contributed by atoms with E-state index < -0.39 is 0 Å². The van der Waals surface area contributed by atoms with E-state index >= 15 is 0 Å². The average molecular weight is 250 g/mol. The van der Waals surface area contributed by atoms with Crippen LogP contribution in [0.1, 0.15) is 18.9 Å². The number of thiocarbonyl (C=S) groups is 1. The molecule has 0 aromatic heterocycles. The van der Waals surface area contributed by atoms with Crippen LogP contribution in [0.5, 0.6) is 5.75 Å². The molecule has 1 aliphatic rings. The monoisotopic (exact) mass is 250 g/mol. The lowest BCUT2D eigenvalue weighted by atomic mass is 10.1. The summed E-state index contributed by atoms with van der Waals surface area (Å²) in [7, 11) is 0. The SMILES string of the molecule is CC(CC(N)=S)N1CCOc2ccccc2C1. The van der Waals surface area contributed by atoms with Gasteiger partial charge in [0, 0.05) is 31.1 Å². The third kappa shape index (κ3) is 3.17. The van der Waals surface area contributed by atoms with Gasteiger partial charge < -0.3 is 10.5 Å². The topological polar surface area (TPSA) is 38.5 Å². The van der Waals surface area contributed by atoms with E-state index in [2.05, 4.69) is 17.9 Å². The van der Waals surface area contributed by atoms with Crippen molar-refractivity contribution in [3.63, 3.8) is 0 Å². The third-order valence-corrected chi connectivity index (χ3v) is 3.27. The summed E-state index contributed by atoms with van der Waals surface area (Å²) in [6.07, 6.45) is 0.761. The Kier molecular flexibility index (Phi) is 3.97. The largest absolute Gasteiger partial charge is 0.492 e. The van der Waals surface area contributed by atoms with E-state index in [1.54, 1.807) is 0 Å². The molecule has 4 heteroatoms. The van der Waals surface area contributed by atoms with Crippen LogP contribution < -0.4 is 10.5 Å². The van der Waals surface area contributed by atoms with Crippen molar-refractivity contribution in [3.8, 4) is 5.75 Å². The molecule has 0 radical (unpaired) electrons. The van der Waals surface area contributed by atoms with E-state index in [9.17, 15) is 0 Å². The summed E-state index contributed by atoms with van der Waals surface area (Å²) in [5.74, 6) is 0.998. The number of nitrogens with two attached hydrogens (primary N) is 1. The predicted octanol–water partition coefficient (Wildman–Crippen LogP) is 1.95. The van der Waals surface area contributed by atoms with Gasteiger partial charge in [-0.3, -0.25) is 4.90 Å². The Balaban J connectivity index is 2.10. The number of para-hydroxylation sites is 1. The van der Waals surface area contributed by atoms with Gasteiger partial charge in [0.05, 0.1) is 4.99 Å². The number of benzene rings is 1. The first kappa shape index (κ1) is 12.3.